The number of aliphatic carboxylic acids is 1. The Morgan fingerprint density at radius 2 is 1.93 bits per heavy atom. The largest absolute Gasteiger partial charge is 0.481 e. The first-order valence-corrected chi connectivity index (χ1v) is 9.50. The van der Waals surface area contributed by atoms with Crippen LogP contribution in [0.15, 0.2) is 24.3 Å². The Morgan fingerprint density at radius 1 is 1.22 bits per heavy atom. The number of fused-ring (bicyclic) bond motifs is 1. The van der Waals surface area contributed by atoms with Crippen molar-refractivity contribution in [2.45, 2.75) is 47.0 Å². The molecular weight excluding hydrogens is 362 g/mol. The maximum Gasteiger partial charge on any atom is 0.306 e. The van der Waals surface area contributed by atoms with Gasteiger partial charge in [-0.1, -0.05) is 38.4 Å². The van der Waals surface area contributed by atoms with E-state index in [9.17, 15) is 9.90 Å². The first kappa shape index (κ1) is 19.4. The second kappa shape index (κ2) is 7.31. The summed E-state index contributed by atoms with van der Waals surface area (Å²) in [5, 5.41) is 9.84. The summed E-state index contributed by atoms with van der Waals surface area (Å²) in [6.45, 7) is 9.66. The maximum absolute atomic E-state index is 11.3. The minimum Gasteiger partial charge on any atom is -0.481 e. The lowest BCUT2D eigenvalue weighted by atomic mass is 9.89. The van der Waals surface area contributed by atoms with Gasteiger partial charge in [-0.3, -0.25) is 9.36 Å². The number of hydrogen-bond acceptors (Lipinski definition) is 3. The monoisotopic (exact) mass is 385 g/mol. The van der Waals surface area contributed by atoms with Crippen LogP contribution in [0.4, 0.5) is 0 Å². The molecule has 0 bridgehead atoms. The van der Waals surface area contributed by atoms with Gasteiger partial charge in [0.15, 0.2) is 5.65 Å². The number of hydrogen-bond donors (Lipinski definition) is 1. The molecule has 1 aromatic carbocycles. The highest BCUT2D eigenvalue weighted by Gasteiger charge is 2.23. The van der Waals surface area contributed by atoms with E-state index in [1.165, 1.54) is 0 Å². The Balaban J connectivity index is 2.15. The van der Waals surface area contributed by atoms with Crippen molar-refractivity contribution in [2.75, 3.05) is 0 Å². The van der Waals surface area contributed by atoms with E-state index < -0.39 is 11.9 Å². The zero-order chi connectivity index (χ0) is 19.9. The Kier molecular flexibility index (Phi) is 5.24. The SMILES string of the molecule is CCc1nc2c(C)cc(C)nc2n1-c1ccc(C(C)C(C)C(=O)O)c(Cl)c1. The Bertz CT molecular complexity index is 1030. The summed E-state index contributed by atoms with van der Waals surface area (Å²) >= 11 is 6.55. The van der Waals surface area contributed by atoms with Crippen LogP contribution in [0.1, 0.15) is 49.3 Å². The number of carbonyl (C=O) groups is 1. The summed E-state index contributed by atoms with van der Waals surface area (Å²) in [7, 11) is 0. The number of nitrogens with zero attached hydrogens (tertiary/aromatic N) is 3. The lowest BCUT2D eigenvalue weighted by Crippen LogP contribution is -2.17. The van der Waals surface area contributed by atoms with Crippen molar-refractivity contribution in [3.63, 3.8) is 0 Å². The highest BCUT2D eigenvalue weighted by molar-refractivity contribution is 6.31. The van der Waals surface area contributed by atoms with Gasteiger partial charge < -0.3 is 5.11 Å². The van der Waals surface area contributed by atoms with Crippen LogP contribution >= 0.6 is 11.6 Å². The summed E-state index contributed by atoms with van der Waals surface area (Å²) in [6, 6.07) is 7.79. The molecule has 2 atom stereocenters. The Hall–Kier alpha value is -2.40. The average molecular weight is 386 g/mol. The standard InChI is InChI=1S/C21H24ClN3O2/c1-6-18-24-19-11(2)9-12(3)23-20(19)25(18)15-7-8-16(17(22)10-15)13(4)14(5)21(26)27/h7-10,13-14H,6H2,1-5H3,(H,26,27). The smallest absolute Gasteiger partial charge is 0.306 e. The van der Waals surface area contributed by atoms with Gasteiger partial charge in [-0.15, -0.1) is 0 Å². The van der Waals surface area contributed by atoms with Crippen molar-refractivity contribution in [2.24, 2.45) is 5.92 Å². The molecule has 0 saturated heterocycles. The van der Waals surface area contributed by atoms with E-state index in [4.69, 9.17) is 21.6 Å². The van der Waals surface area contributed by atoms with Gasteiger partial charge in [0.1, 0.15) is 11.3 Å². The molecule has 0 fully saturated rings. The summed E-state index contributed by atoms with van der Waals surface area (Å²) in [6.07, 6.45) is 0.765. The molecule has 142 valence electrons. The summed E-state index contributed by atoms with van der Waals surface area (Å²) in [5.41, 5.74) is 5.47. The second-order valence-corrected chi connectivity index (χ2v) is 7.50. The van der Waals surface area contributed by atoms with Crippen LogP contribution in [0.5, 0.6) is 0 Å². The van der Waals surface area contributed by atoms with Crippen molar-refractivity contribution in [3.8, 4) is 5.69 Å². The fraction of sp³-hybridized carbons (Fsp3) is 0.381. The van der Waals surface area contributed by atoms with Crippen LogP contribution in [0.25, 0.3) is 16.9 Å². The van der Waals surface area contributed by atoms with E-state index in [0.717, 1.165) is 45.9 Å². The van der Waals surface area contributed by atoms with Gasteiger partial charge >= 0.3 is 5.97 Å². The third-order valence-corrected chi connectivity index (χ3v) is 5.52. The lowest BCUT2D eigenvalue weighted by Gasteiger charge is -2.19. The number of carboxylic acid groups (broad SMARTS) is 1. The first-order valence-electron chi connectivity index (χ1n) is 9.12. The topological polar surface area (TPSA) is 68.0 Å². The molecule has 2 heterocycles. The quantitative estimate of drug-likeness (QED) is 0.665. The third kappa shape index (κ3) is 3.44. The third-order valence-electron chi connectivity index (χ3n) is 5.19. The van der Waals surface area contributed by atoms with Crippen LogP contribution in [0.2, 0.25) is 5.02 Å². The van der Waals surface area contributed by atoms with Gasteiger partial charge in [0.25, 0.3) is 0 Å². The molecule has 27 heavy (non-hydrogen) atoms. The molecule has 3 rings (SSSR count). The van der Waals surface area contributed by atoms with E-state index in [-0.39, 0.29) is 5.92 Å². The molecule has 3 aromatic rings. The number of imidazole rings is 1. The van der Waals surface area contributed by atoms with Gasteiger partial charge in [-0.2, -0.15) is 0 Å². The predicted octanol–water partition coefficient (Wildman–Crippen LogP) is 5.08. The van der Waals surface area contributed by atoms with E-state index in [1.54, 1.807) is 6.92 Å². The van der Waals surface area contributed by atoms with E-state index in [1.807, 2.05) is 49.6 Å². The van der Waals surface area contributed by atoms with Crippen molar-refractivity contribution in [3.05, 3.63) is 51.9 Å². The molecule has 2 unspecified atom stereocenters. The van der Waals surface area contributed by atoms with E-state index in [0.29, 0.717) is 5.02 Å². The van der Waals surface area contributed by atoms with Crippen LogP contribution in [-0.4, -0.2) is 25.6 Å². The van der Waals surface area contributed by atoms with Crippen LogP contribution < -0.4 is 0 Å². The Morgan fingerprint density at radius 3 is 2.52 bits per heavy atom. The van der Waals surface area contributed by atoms with Crippen molar-refractivity contribution in [1.82, 2.24) is 14.5 Å². The van der Waals surface area contributed by atoms with Gasteiger partial charge in [-0.05, 0) is 49.1 Å². The summed E-state index contributed by atoms with van der Waals surface area (Å²) < 4.78 is 2.04. The van der Waals surface area contributed by atoms with Crippen LogP contribution in [0, 0.1) is 19.8 Å². The number of rotatable bonds is 5. The summed E-state index contributed by atoms with van der Waals surface area (Å²) in [4.78, 5) is 20.8. The van der Waals surface area contributed by atoms with Crippen LogP contribution in [-0.2, 0) is 11.2 Å². The molecule has 6 heteroatoms. The molecular formula is C21H24ClN3O2. The van der Waals surface area contributed by atoms with Gasteiger partial charge in [0, 0.05) is 17.1 Å². The first-order chi connectivity index (χ1) is 12.7. The lowest BCUT2D eigenvalue weighted by molar-refractivity contribution is -0.141. The highest BCUT2D eigenvalue weighted by Crippen LogP contribution is 2.33. The second-order valence-electron chi connectivity index (χ2n) is 7.09. The zero-order valence-corrected chi connectivity index (χ0v) is 17.0. The number of halogens is 1. The zero-order valence-electron chi connectivity index (χ0n) is 16.2. The van der Waals surface area contributed by atoms with Crippen molar-refractivity contribution in [1.29, 1.82) is 0 Å². The Labute approximate surface area is 164 Å². The molecule has 5 nitrogen and oxygen atoms in total. The van der Waals surface area contributed by atoms with Gasteiger partial charge in [-0.25, -0.2) is 9.97 Å². The number of pyridine rings is 1. The predicted molar refractivity (Wildman–Crippen MR) is 108 cm³/mol. The van der Waals surface area contributed by atoms with Gasteiger partial charge in [0.2, 0.25) is 0 Å². The molecule has 0 spiro atoms. The van der Waals surface area contributed by atoms with Crippen molar-refractivity contribution < 1.29 is 9.90 Å². The fourth-order valence-electron chi connectivity index (χ4n) is 3.42. The van der Waals surface area contributed by atoms with E-state index in [2.05, 4.69) is 6.92 Å². The average Bonchev–Trinajstić information content (AvgIpc) is 2.99. The molecule has 0 saturated carbocycles. The summed E-state index contributed by atoms with van der Waals surface area (Å²) in [5.74, 6) is -0.605. The molecule has 0 radical (unpaired) electrons. The molecule has 0 aliphatic rings. The number of aryl methyl sites for hydroxylation is 3. The molecule has 1 N–H and O–H groups in total. The molecule has 0 aliphatic carbocycles. The number of benzene rings is 1. The highest BCUT2D eigenvalue weighted by atomic mass is 35.5. The van der Waals surface area contributed by atoms with Crippen molar-refractivity contribution >= 4 is 28.7 Å². The normalized spacial score (nSPS) is 13.7. The minimum absolute atomic E-state index is 0.183. The molecule has 0 aliphatic heterocycles. The van der Waals surface area contributed by atoms with Gasteiger partial charge in [0.05, 0.1) is 11.6 Å². The van der Waals surface area contributed by atoms with Crippen LogP contribution in [0.3, 0.4) is 0 Å². The number of aromatic nitrogens is 3. The fourth-order valence-corrected chi connectivity index (χ4v) is 3.77. The number of carboxylic acids is 1. The minimum atomic E-state index is -0.827. The maximum atomic E-state index is 11.3. The molecule has 0 amide bonds. The van der Waals surface area contributed by atoms with E-state index >= 15 is 0 Å². The molecule has 2 aromatic heterocycles.